The van der Waals surface area contributed by atoms with Crippen molar-refractivity contribution in [3.63, 3.8) is 0 Å². The first-order valence-corrected chi connectivity index (χ1v) is 7.44. The summed E-state index contributed by atoms with van der Waals surface area (Å²) in [6, 6.07) is 6.76. The van der Waals surface area contributed by atoms with Crippen molar-refractivity contribution in [2.24, 2.45) is 11.7 Å². The van der Waals surface area contributed by atoms with Crippen LogP contribution < -0.4 is 10.6 Å². The summed E-state index contributed by atoms with van der Waals surface area (Å²) in [6.07, 6.45) is 8.01. The molecule has 1 fully saturated rings. The van der Waals surface area contributed by atoms with Gasteiger partial charge in [-0.3, -0.25) is 0 Å². The molecule has 0 saturated heterocycles. The molecule has 1 saturated carbocycles. The highest BCUT2D eigenvalue weighted by Gasteiger charge is 2.25. The highest BCUT2D eigenvalue weighted by Crippen LogP contribution is 2.34. The van der Waals surface area contributed by atoms with Crippen molar-refractivity contribution >= 4 is 5.69 Å². The Morgan fingerprint density at radius 1 is 1.22 bits per heavy atom. The predicted octanol–water partition coefficient (Wildman–Crippen LogP) is 2.74. The average molecular weight is 244 g/mol. The fraction of sp³-hybridized carbons (Fsp3) is 0.625. The van der Waals surface area contributed by atoms with Crippen LogP contribution in [-0.4, -0.2) is 19.6 Å². The van der Waals surface area contributed by atoms with Crippen molar-refractivity contribution in [3.05, 3.63) is 29.3 Å². The largest absolute Gasteiger partial charge is 0.371 e. The second kappa shape index (κ2) is 5.31. The zero-order valence-electron chi connectivity index (χ0n) is 11.2. The van der Waals surface area contributed by atoms with Gasteiger partial charge in [-0.05, 0) is 55.3 Å². The molecule has 1 aliphatic heterocycles. The maximum absolute atomic E-state index is 5.71. The summed E-state index contributed by atoms with van der Waals surface area (Å²) >= 11 is 0. The smallest absolute Gasteiger partial charge is 0.0402 e. The lowest BCUT2D eigenvalue weighted by atomic mass is 10.0. The first-order chi connectivity index (χ1) is 8.88. The van der Waals surface area contributed by atoms with Crippen LogP contribution in [0.25, 0.3) is 0 Å². The van der Waals surface area contributed by atoms with E-state index in [2.05, 4.69) is 23.1 Å². The van der Waals surface area contributed by atoms with Crippen molar-refractivity contribution in [3.8, 4) is 0 Å². The molecule has 2 aliphatic rings. The number of nitrogens with two attached hydrogens (primary N) is 1. The van der Waals surface area contributed by atoms with Gasteiger partial charge in [-0.2, -0.15) is 0 Å². The lowest BCUT2D eigenvalue weighted by Gasteiger charge is -2.23. The molecule has 0 aromatic heterocycles. The van der Waals surface area contributed by atoms with Crippen molar-refractivity contribution < 1.29 is 0 Å². The van der Waals surface area contributed by atoms with Gasteiger partial charge in [-0.1, -0.05) is 25.0 Å². The molecule has 18 heavy (non-hydrogen) atoms. The lowest BCUT2D eigenvalue weighted by molar-refractivity contribution is 0.538. The number of anilines is 1. The maximum Gasteiger partial charge on any atom is 0.0402 e. The van der Waals surface area contributed by atoms with E-state index >= 15 is 0 Å². The van der Waals surface area contributed by atoms with Crippen LogP contribution in [0.1, 0.15) is 36.8 Å². The number of fused-ring (bicyclic) bond motifs is 1. The Kier molecular flexibility index (Phi) is 3.55. The highest BCUT2D eigenvalue weighted by atomic mass is 15.1. The molecule has 1 aromatic carbocycles. The molecular weight excluding hydrogens is 220 g/mol. The van der Waals surface area contributed by atoms with Crippen LogP contribution in [0.2, 0.25) is 0 Å². The van der Waals surface area contributed by atoms with E-state index in [0.717, 1.165) is 18.9 Å². The van der Waals surface area contributed by atoms with Crippen LogP contribution in [0, 0.1) is 5.92 Å². The van der Waals surface area contributed by atoms with E-state index in [-0.39, 0.29) is 0 Å². The molecule has 0 spiro atoms. The zero-order valence-corrected chi connectivity index (χ0v) is 11.2. The Morgan fingerprint density at radius 2 is 2.06 bits per heavy atom. The fourth-order valence-electron chi connectivity index (χ4n) is 3.66. The normalized spacial score (nSPS) is 19.5. The third-order valence-corrected chi connectivity index (χ3v) is 4.59. The second-order valence-corrected chi connectivity index (χ2v) is 5.80. The summed E-state index contributed by atoms with van der Waals surface area (Å²) in [7, 11) is 0. The molecule has 3 rings (SSSR count). The van der Waals surface area contributed by atoms with Gasteiger partial charge in [0, 0.05) is 18.8 Å². The highest BCUT2D eigenvalue weighted by molar-refractivity contribution is 5.61. The number of rotatable bonds is 4. The fourth-order valence-corrected chi connectivity index (χ4v) is 3.66. The van der Waals surface area contributed by atoms with E-state index in [1.807, 2.05) is 0 Å². The summed E-state index contributed by atoms with van der Waals surface area (Å²) in [4.78, 5) is 2.62. The van der Waals surface area contributed by atoms with Gasteiger partial charge in [0.2, 0.25) is 0 Å². The van der Waals surface area contributed by atoms with Crippen molar-refractivity contribution in [2.45, 2.75) is 38.5 Å². The molecule has 1 heterocycles. The number of benzene rings is 1. The number of hydrogen-bond donors (Lipinski definition) is 1. The SMILES string of the molecule is NCCc1cccc2c1CCN2CC1CCCC1. The Balaban J connectivity index is 1.76. The average Bonchev–Trinajstić information content (AvgIpc) is 3.01. The summed E-state index contributed by atoms with van der Waals surface area (Å²) < 4.78 is 0. The monoisotopic (exact) mass is 244 g/mol. The summed E-state index contributed by atoms with van der Waals surface area (Å²) in [5.74, 6) is 0.939. The van der Waals surface area contributed by atoms with Crippen LogP contribution in [0.3, 0.4) is 0 Å². The van der Waals surface area contributed by atoms with Crippen LogP contribution in [0.4, 0.5) is 5.69 Å². The van der Waals surface area contributed by atoms with Crippen LogP contribution in [0.15, 0.2) is 18.2 Å². The molecule has 0 atom stereocenters. The minimum Gasteiger partial charge on any atom is -0.371 e. The van der Waals surface area contributed by atoms with Gasteiger partial charge in [0.25, 0.3) is 0 Å². The van der Waals surface area contributed by atoms with Crippen LogP contribution >= 0.6 is 0 Å². The third kappa shape index (κ3) is 2.26. The van der Waals surface area contributed by atoms with E-state index in [9.17, 15) is 0 Å². The Labute approximate surface area is 110 Å². The molecule has 0 bridgehead atoms. The zero-order chi connectivity index (χ0) is 12.4. The predicted molar refractivity (Wildman–Crippen MR) is 77.1 cm³/mol. The van der Waals surface area contributed by atoms with E-state index in [1.54, 1.807) is 5.56 Å². The van der Waals surface area contributed by atoms with Gasteiger partial charge >= 0.3 is 0 Å². The number of nitrogens with zero attached hydrogens (tertiary/aromatic N) is 1. The molecule has 0 unspecified atom stereocenters. The van der Waals surface area contributed by atoms with E-state index in [0.29, 0.717) is 0 Å². The van der Waals surface area contributed by atoms with Crippen molar-refractivity contribution in [1.29, 1.82) is 0 Å². The second-order valence-electron chi connectivity index (χ2n) is 5.80. The molecule has 2 nitrogen and oxygen atoms in total. The lowest BCUT2D eigenvalue weighted by Crippen LogP contribution is -2.26. The summed E-state index contributed by atoms with van der Waals surface area (Å²) in [6.45, 7) is 3.26. The third-order valence-electron chi connectivity index (χ3n) is 4.59. The molecule has 1 aliphatic carbocycles. The Morgan fingerprint density at radius 3 is 2.83 bits per heavy atom. The van der Waals surface area contributed by atoms with Gasteiger partial charge in [-0.15, -0.1) is 0 Å². The molecule has 2 heteroatoms. The van der Waals surface area contributed by atoms with E-state index < -0.39 is 0 Å². The van der Waals surface area contributed by atoms with Crippen molar-refractivity contribution in [2.75, 3.05) is 24.5 Å². The van der Waals surface area contributed by atoms with Gasteiger partial charge in [-0.25, -0.2) is 0 Å². The maximum atomic E-state index is 5.71. The molecule has 2 N–H and O–H groups in total. The van der Waals surface area contributed by atoms with Crippen LogP contribution in [0.5, 0.6) is 0 Å². The topological polar surface area (TPSA) is 29.3 Å². The van der Waals surface area contributed by atoms with Gasteiger partial charge in [0.15, 0.2) is 0 Å². The van der Waals surface area contributed by atoms with Crippen molar-refractivity contribution in [1.82, 2.24) is 0 Å². The van der Waals surface area contributed by atoms with E-state index in [4.69, 9.17) is 5.73 Å². The van der Waals surface area contributed by atoms with Gasteiger partial charge in [0.1, 0.15) is 0 Å². The first kappa shape index (κ1) is 12.0. The molecule has 0 radical (unpaired) electrons. The Hall–Kier alpha value is -1.02. The summed E-state index contributed by atoms with van der Waals surface area (Å²) in [5.41, 5.74) is 10.2. The standard InChI is InChI=1S/C16H24N2/c17-10-8-14-6-3-7-16-15(14)9-11-18(16)12-13-4-1-2-5-13/h3,6-7,13H,1-2,4-5,8-12,17H2. The van der Waals surface area contributed by atoms with Gasteiger partial charge < -0.3 is 10.6 Å². The van der Waals surface area contributed by atoms with Gasteiger partial charge in [0.05, 0.1) is 0 Å². The molecular formula is C16H24N2. The van der Waals surface area contributed by atoms with E-state index in [1.165, 1.54) is 56.4 Å². The quantitative estimate of drug-likeness (QED) is 0.882. The minimum atomic E-state index is 0.763. The molecule has 1 aromatic rings. The molecule has 0 amide bonds. The van der Waals surface area contributed by atoms with Crippen LogP contribution in [-0.2, 0) is 12.8 Å². The first-order valence-electron chi connectivity index (χ1n) is 7.44. The molecule has 98 valence electrons. The number of hydrogen-bond acceptors (Lipinski definition) is 2. The summed E-state index contributed by atoms with van der Waals surface area (Å²) in [5, 5.41) is 0. The Bertz CT molecular complexity index is 408. The minimum absolute atomic E-state index is 0.763.